The van der Waals surface area contributed by atoms with E-state index >= 15 is 0 Å². The summed E-state index contributed by atoms with van der Waals surface area (Å²) in [7, 11) is -4.10. The van der Waals surface area contributed by atoms with Crippen molar-refractivity contribution in [3.8, 4) is 0 Å². The average Bonchev–Trinajstić information content (AvgIpc) is 3.50. The second kappa shape index (κ2) is 14.2. The van der Waals surface area contributed by atoms with E-state index in [1.807, 2.05) is 63.4 Å². The number of amides is 2. The van der Waals surface area contributed by atoms with Crippen molar-refractivity contribution in [3.05, 3.63) is 89.5 Å². The molecule has 7 nitrogen and oxygen atoms in total. The van der Waals surface area contributed by atoms with Crippen LogP contribution in [0.3, 0.4) is 0 Å². The van der Waals surface area contributed by atoms with Crippen molar-refractivity contribution in [2.45, 2.75) is 81.3 Å². The van der Waals surface area contributed by atoms with E-state index in [2.05, 4.69) is 5.32 Å². The summed E-state index contributed by atoms with van der Waals surface area (Å²) >= 11 is 1.52. The van der Waals surface area contributed by atoms with E-state index in [1.165, 1.54) is 11.8 Å². The normalized spacial score (nSPS) is 14.4. The van der Waals surface area contributed by atoms with Gasteiger partial charge in [0.1, 0.15) is 12.6 Å². The topological polar surface area (TPSA) is 86.8 Å². The lowest BCUT2D eigenvalue weighted by Gasteiger charge is -2.34. The summed E-state index contributed by atoms with van der Waals surface area (Å²) in [5.74, 6) is -0.625. The Morgan fingerprint density at radius 2 is 1.60 bits per heavy atom. The van der Waals surface area contributed by atoms with E-state index in [0.717, 1.165) is 51.6 Å². The minimum absolute atomic E-state index is 0.102. The molecule has 0 bridgehead atoms. The fourth-order valence-electron chi connectivity index (χ4n) is 5.37. The molecule has 42 heavy (non-hydrogen) atoms. The highest BCUT2D eigenvalue weighted by atomic mass is 32.2. The first-order chi connectivity index (χ1) is 20.1. The van der Waals surface area contributed by atoms with Gasteiger partial charge in [0.25, 0.3) is 10.0 Å². The van der Waals surface area contributed by atoms with Crippen molar-refractivity contribution >= 4 is 39.3 Å². The number of rotatable bonds is 12. The predicted molar refractivity (Wildman–Crippen MR) is 170 cm³/mol. The van der Waals surface area contributed by atoms with Gasteiger partial charge < -0.3 is 10.2 Å². The number of anilines is 1. The predicted octanol–water partition coefficient (Wildman–Crippen LogP) is 6.09. The van der Waals surface area contributed by atoms with Gasteiger partial charge in [-0.25, -0.2) is 8.42 Å². The molecular formula is C33H41N3O4S2. The molecule has 3 aromatic rings. The lowest BCUT2D eigenvalue weighted by Crippen LogP contribution is -2.53. The number of hydrogen-bond donors (Lipinski definition) is 1. The molecule has 0 unspecified atom stereocenters. The molecule has 1 aliphatic rings. The highest BCUT2D eigenvalue weighted by Crippen LogP contribution is 2.27. The number of sulfonamides is 1. The number of nitrogens with one attached hydrogen (secondary N) is 1. The Bertz CT molecular complexity index is 1470. The molecule has 4 rings (SSSR count). The van der Waals surface area contributed by atoms with E-state index < -0.39 is 28.5 Å². The smallest absolute Gasteiger partial charge is 0.264 e. The van der Waals surface area contributed by atoms with Crippen molar-refractivity contribution in [3.63, 3.8) is 0 Å². The van der Waals surface area contributed by atoms with Crippen molar-refractivity contribution in [2.75, 3.05) is 17.1 Å². The monoisotopic (exact) mass is 607 g/mol. The Kier molecular flexibility index (Phi) is 10.7. The van der Waals surface area contributed by atoms with Gasteiger partial charge in [0.2, 0.25) is 11.8 Å². The van der Waals surface area contributed by atoms with E-state index in [9.17, 15) is 18.0 Å². The lowest BCUT2D eigenvalue weighted by atomic mass is 10.1. The van der Waals surface area contributed by atoms with Crippen LogP contribution in [-0.2, 0) is 26.2 Å². The van der Waals surface area contributed by atoms with Gasteiger partial charge in [-0.1, -0.05) is 61.7 Å². The maximum Gasteiger partial charge on any atom is 0.264 e. The van der Waals surface area contributed by atoms with Gasteiger partial charge in [0, 0.05) is 17.5 Å². The highest BCUT2D eigenvalue weighted by molar-refractivity contribution is 7.98. The first-order valence-corrected chi connectivity index (χ1v) is 17.2. The zero-order chi connectivity index (χ0) is 30.3. The van der Waals surface area contributed by atoms with Crippen LogP contribution in [0.15, 0.2) is 82.6 Å². The van der Waals surface area contributed by atoms with Crippen molar-refractivity contribution in [2.24, 2.45) is 0 Å². The lowest BCUT2D eigenvalue weighted by molar-refractivity contribution is -0.140. The molecule has 1 N–H and O–H groups in total. The first-order valence-electron chi connectivity index (χ1n) is 14.5. The SMILES string of the molecule is CC[C@@H](C(=O)NC1CCCC1)N(Cc1ccccc1C)C(=O)CN(c1ccc(C)cc1)S(=O)(=O)c1ccc(SC)cc1. The second-order valence-electron chi connectivity index (χ2n) is 10.9. The van der Waals surface area contributed by atoms with Crippen molar-refractivity contribution < 1.29 is 18.0 Å². The molecule has 1 atom stereocenters. The third kappa shape index (κ3) is 7.55. The summed E-state index contributed by atoms with van der Waals surface area (Å²) in [5.41, 5.74) is 3.28. The molecule has 224 valence electrons. The third-order valence-corrected chi connectivity index (χ3v) is 10.5. The first kappa shape index (κ1) is 31.6. The Balaban J connectivity index is 1.71. The zero-order valence-corrected chi connectivity index (χ0v) is 26.5. The number of hydrogen-bond acceptors (Lipinski definition) is 5. The minimum atomic E-state index is -4.10. The standard InChI is InChI=1S/C33H41N3O4S2/c1-5-31(33(38)34-27-12-8-9-13-27)35(22-26-11-7-6-10-25(26)3)32(37)23-36(28-16-14-24(2)15-17-28)42(39,40)30-20-18-29(41-4)19-21-30/h6-7,10-11,14-21,27,31H,5,8-9,12-13,22-23H2,1-4H3,(H,34,38)/t31-/m0/s1. The molecule has 2 amide bonds. The highest BCUT2D eigenvalue weighted by Gasteiger charge is 2.34. The van der Waals surface area contributed by atoms with Crippen LogP contribution in [-0.4, -0.2) is 50.0 Å². The Morgan fingerprint density at radius 1 is 0.952 bits per heavy atom. The molecular weight excluding hydrogens is 567 g/mol. The summed E-state index contributed by atoms with van der Waals surface area (Å²) in [5, 5.41) is 3.16. The van der Waals surface area contributed by atoms with Crippen LogP contribution in [0, 0.1) is 13.8 Å². The Labute approximate surface area is 254 Å². The van der Waals surface area contributed by atoms with E-state index in [-0.39, 0.29) is 23.4 Å². The van der Waals surface area contributed by atoms with Gasteiger partial charge in [-0.3, -0.25) is 13.9 Å². The summed E-state index contributed by atoms with van der Waals surface area (Å²) in [6.45, 7) is 5.55. The molecule has 0 aromatic heterocycles. The average molecular weight is 608 g/mol. The quantitative estimate of drug-likeness (QED) is 0.252. The maximum atomic E-state index is 14.3. The third-order valence-electron chi connectivity index (χ3n) is 7.94. The molecule has 3 aromatic carbocycles. The van der Waals surface area contributed by atoms with Crippen LogP contribution < -0.4 is 9.62 Å². The summed E-state index contributed by atoms with van der Waals surface area (Å²) in [6, 6.07) is 20.9. The van der Waals surface area contributed by atoms with Crippen LogP contribution in [0.4, 0.5) is 5.69 Å². The fraction of sp³-hybridized carbons (Fsp3) is 0.394. The number of aryl methyl sites for hydroxylation is 2. The fourth-order valence-corrected chi connectivity index (χ4v) is 7.20. The molecule has 1 saturated carbocycles. The van der Waals surface area contributed by atoms with Crippen molar-refractivity contribution in [1.29, 1.82) is 0 Å². The Morgan fingerprint density at radius 3 is 2.19 bits per heavy atom. The van der Waals surface area contributed by atoms with Crippen LogP contribution >= 0.6 is 11.8 Å². The summed E-state index contributed by atoms with van der Waals surface area (Å²) < 4.78 is 29.3. The van der Waals surface area contributed by atoms with E-state index in [4.69, 9.17) is 0 Å². The summed E-state index contributed by atoms with van der Waals surface area (Å²) in [4.78, 5) is 30.4. The van der Waals surface area contributed by atoms with Gasteiger partial charge in [-0.05, 0) is 86.9 Å². The van der Waals surface area contributed by atoms with Crippen molar-refractivity contribution in [1.82, 2.24) is 10.2 Å². The molecule has 1 fully saturated rings. The van der Waals surface area contributed by atoms with Crippen LogP contribution in [0.2, 0.25) is 0 Å². The summed E-state index contributed by atoms with van der Waals surface area (Å²) in [6.07, 6.45) is 6.36. The molecule has 0 saturated heterocycles. The second-order valence-corrected chi connectivity index (χ2v) is 13.6. The number of nitrogens with zero attached hydrogens (tertiary/aromatic N) is 2. The molecule has 1 aliphatic carbocycles. The minimum Gasteiger partial charge on any atom is -0.352 e. The van der Waals surface area contributed by atoms with Gasteiger partial charge in [-0.15, -0.1) is 11.8 Å². The Hall–Kier alpha value is -3.30. The zero-order valence-electron chi connectivity index (χ0n) is 24.9. The van der Waals surface area contributed by atoms with Crippen LogP contribution in [0.5, 0.6) is 0 Å². The maximum absolute atomic E-state index is 14.3. The molecule has 0 spiro atoms. The van der Waals surface area contributed by atoms with Gasteiger partial charge in [0.05, 0.1) is 10.6 Å². The number of carbonyl (C=O) groups is 2. The van der Waals surface area contributed by atoms with E-state index in [1.54, 1.807) is 41.3 Å². The molecule has 9 heteroatoms. The van der Waals surface area contributed by atoms with Crippen LogP contribution in [0.25, 0.3) is 0 Å². The van der Waals surface area contributed by atoms with Gasteiger partial charge in [-0.2, -0.15) is 0 Å². The largest absolute Gasteiger partial charge is 0.352 e. The molecule has 0 heterocycles. The van der Waals surface area contributed by atoms with E-state index in [0.29, 0.717) is 12.1 Å². The van der Waals surface area contributed by atoms with Gasteiger partial charge >= 0.3 is 0 Å². The number of thioether (sulfide) groups is 1. The van der Waals surface area contributed by atoms with Crippen LogP contribution in [0.1, 0.15) is 55.7 Å². The molecule has 0 radical (unpaired) electrons. The van der Waals surface area contributed by atoms with Gasteiger partial charge in [0.15, 0.2) is 0 Å². The number of carbonyl (C=O) groups excluding carboxylic acids is 2. The number of benzene rings is 3. The molecule has 0 aliphatic heterocycles.